The van der Waals surface area contributed by atoms with Crippen molar-refractivity contribution in [3.05, 3.63) is 138 Å². The second-order valence-electron chi connectivity index (χ2n) is 8.59. The smallest absolute Gasteiger partial charge is 0.143 e. The zero-order valence-corrected chi connectivity index (χ0v) is 20.4. The maximum Gasteiger partial charge on any atom is 0.143 e. The van der Waals surface area contributed by atoms with Gasteiger partial charge in [-0.05, 0) is 53.6 Å². The molecule has 35 heavy (non-hydrogen) atoms. The highest BCUT2D eigenvalue weighted by Crippen LogP contribution is 2.40. The van der Waals surface area contributed by atoms with Crippen LogP contribution in [-0.2, 0) is 21.7 Å². The van der Waals surface area contributed by atoms with Crippen LogP contribution in [-0.4, -0.2) is 20.3 Å². The summed E-state index contributed by atoms with van der Waals surface area (Å²) in [6.45, 7) is 2.03. The van der Waals surface area contributed by atoms with Crippen molar-refractivity contribution in [2.24, 2.45) is 0 Å². The van der Waals surface area contributed by atoms with E-state index in [1.54, 1.807) is 7.11 Å². The molecular weight excluding hydrogens is 432 g/mol. The molecule has 180 valence electrons. The monoisotopic (exact) mass is 466 g/mol. The van der Waals surface area contributed by atoms with Crippen molar-refractivity contribution in [3.8, 4) is 5.75 Å². The molecule has 0 aliphatic rings. The highest BCUT2D eigenvalue weighted by molar-refractivity contribution is 5.47. The fourth-order valence-electron chi connectivity index (χ4n) is 4.39. The van der Waals surface area contributed by atoms with Gasteiger partial charge in [-0.3, -0.25) is 0 Å². The van der Waals surface area contributed by atoms with Crippen molar-refractivity contribution in [2.45, 2.75) is 31.5 Å². The molecule has 0 saturated carbocycles. The lowest BCUT2D eigenvalue weighted by atomic mass is 9.80. The van der Waals surface area contributed by atoms with Gasteiger partial charge in [0.25, 0.3) is 0 Å². The maximum atomic E-state index is 6.83. The maximum absolute atomic E-state index is 6.83. The van der Waals surface area contributed by atoms with Crippen LogP contribution in [0.15, 0.2) is 115 Å². The van der Waals surface area contributed by atoms with Crippen molar-refractivity contribution in [3.63, 3.8) is 0 Å². The van der Waals surface area contributed by atoms with Crippen LogP contribution < -0.4 is 4.74 Å². The minimum Gasteiger partial charge on any atom is -0.497 e. The van der Waals surface area contributed by atoms with E-state index in [-0.39, 0.29) is 0 Å². The van der Waals surface area contributed by atoms with E-state index in [1.165, 1.54) is 0 Å². The molecule has 3 nitrogen and oxygen atoms in total. The van der Waals surface area contributed by atoms with Crippen molar-refractivity contribution in [1.29, 1.82) is 0 Å². The highest BCUT2D eigenvalue weighted by atomic mass is 16.5. The number of unbranched alkanes of at least 4 members (excludes halogenated alkanes) is 2. The Balaban J connectivity index is 1.36. The Morgan fingerprint density at radius 2 is 1.03 bits per heavy atom. The van der Waals surface area contributed by atoms with E-state index in [4.69, 9.17) is 14.2 Å². The minimum atomic E-state index is -0.644. The normalized spacial score (nSPS) is 11.3. The van der Waals surface area contributed by atoms with Gasteiger partial charge in [0.15, 0.2) is 0 Å². The van der Waals surface area contributed by atoms with Crippen molar-refractivity contribution in [2.75, 3.05) is 20.3 Å². The summed E-state index contributed by atoms with van der Waals surface area (Å²) >= 11 is 0. The molecule has 0 radical (unpaired) electrons. The summed E-state index contributed by atoms with van der Waals surface area (Å²) in [7, 11) is 1.68. The molecule has 0 aliphatic carbocycles. The third kappa shape index (κ3) is 6.39. The Morgan fingerprint density at radius 1 is 0.543 bits per heavy atom. The van der Waals surface area contributed by atoms with Crippen LogP contribution in [0.2, 0.25) is 0 Å². The summed E-state index contributed by atoms with van der Waals surface area (Å²) in [6, 6.07) is 39.6. The van der Waals surface area contributed by atoms with E-state index >= 15 is 0 Å². The molecule has 4 aromatic carbocycles. The number of hydrogen-bond donors (Lipinski definition) is 0. The number of hydrogen-bond acceptors (Lipinski definition) is 3. The van der Waals surface area contributed by atoms with E-state index < -0.39 is 5.60 Å². The lowest BCUT2D eigenvalue weighted by Gasteiger charge is -2.36. The van der Waals surface area contributed by atoms with Gasteiger partial charge in [-0.25, -0.2) is 0 Å². The van der Waals surface area contributed by atoms with Crippen LogP contribution >= 0.6 is 0 Å². The van der Waals surface area contributed by atoms with E-state index in [9.17, 15) is 0 Å². The molecule has 4 aromatic rings. The first-order chi connectivity index (χ1) is 17.3. The largest absolute Gasteiger partial charge is 0.497 e. The van der Waals surface area contributed by atoms with Gasteiger partial charge in [0.05, 0.1) is 13.7 Å². The molecule has 0 spiro atoms. The van der Waals surface area contributed by atoms with E-state index in [0.29, 0.717) is 13.2 Å². The van der Waals surface area contributed by atoms with E-state index in [1.807, 2.05) is 24.3 Å². The Morgan fingerprint density at radius 3 is 1.51 bits per heavy atom. The van der Waals surface area contributed by atoms with Crippen LogP contribution in [0.5, 0.6) is 5.75 Å². The molecule has 0 aliphatic heterocycles. The number of ether oxygens (including phenoxy) is 3. The first kappa shape index (κ1) is 24.7. The fourth-order valence-corrected chi connectivity index (χ4v) is 4.39. The lowest BCUT2D eigenvalue weighted by Crippen LogP contribution is -2.33. The first-order valence-corrected chi connectivity index (χ1v) is 12.3. The third-order valence-corrected chi connectivity index (χ3v) is 6.22. The zero-order valence-electron chi connectivity index (χ0n) is 20.4. The van der Waals surface area contributed by atoms with Crippen LogP contribution in [0, 0.1) is 0 Å². The predicted molar refractivity (Wildman–Crippen MR) is 142 cm³/mol. The Bertz CT molecular complexity index is 1010. The van der Waals surface area contributed by atoms with Crippen LogP contribution in [0.3, 0.4) is 0 Å². The summed E-state index contributed by atoms with van der Waals surface area (Å²) in [6.07, 6.45) is 3.03. The van der Waals surface area contributed by atoms with Gasteiger partial charge in [0.2, 0.25) is 0 Å². The zero-order chi connectivity index (χ0) is 24.2. The second kappa shape index (κ2) is 12.9. The Kier molecular flexibility index (Phi) is 9.11. The minimum absolute atomic E-state index is 0.625. The molecule has 0 saturated heterocycles. The van der Waals surface area contributed by atoms with Gasteiger partial charge >= 0.3 is 0 Å². The fraction of sp³-hybridized carbons (Fsp3) is 0.250. The van der Waals surface area contributed by atoms with E-state index in [2.05, 4.69) is 91.0 Å². The number of benzene rings is 4. The average Bonchev–Trinajstić information content (AvgIpc) is 2.94. The number of methoxy groups -OCH3 is 1. The standard InChI is InChI=1S/C32H34O3/c1-33-31-22-20-27(21-23-31)26-34-24-12-5-13-25-35-32(28-14-6-2-7-15-28,29-16-8-3-9-17-29)30-18-10-4-11-19-30/h2-4,6-11,14-23H,5,12-13,24-26H2,1H3. The molecule has 0 amide bonds. The molecular formula is C32H34O3. The van der Waals surface area contributed by atoms with Crippen molar-refractivity contribution >= 4 is 0 Å². The highest BCUT2D eigenvalue weighted by Gasteiger charge is 2.37. The van der Waals surface area contributed by atoms with Gasteiger partial charge in [0, 0.05) is 13.2 Å². The molecule has 0 bridgehead atoms. The molecule has 0 heterocycles. The molecule has 0 fully saturated rings. The number of rotatable bonds is 13. The van der Waals surface area contributed by atoms with Crippen LogP contribution in [0.4, 0.5) is 0 Å². The first-order valence-electron chi connectivity index (χ1n) is 12.3. The molecule has 0 N–H and O–H groups in total. The molecule has 4 rings (SSSR count). The average molecular weight is 467 g/mol. The molecule has 0 aromatic heterocycles. The SMILES string of the molecule is COc1ccc(COCCCCCOC(c2ccccc2)(c2ccccc2)c2ccccc2)cc1. The quantitative estimate of drug-likeness (QED) is 0.152. The summed E-state index contributed by atoms with van der Waals surface area (Å²) in [5.74, 6) is 0.867. The molecule has 0 atom stereocenters. The predicted octanol–water partition coefficient (Wildman–Crippen LogP) is 7.39. The van der Waals surface area contributed by atoms with Crippen molar-refractivity contribution < 1.29 is 14.2 Å². The van der Waals surface area contributed by atoms with E-state index in [0.717, 1.165) is 53.9 Å². The van der Waals surface area contributed by atoms with Crippen molar-refractivity contribution in [1.82, 2.24) is 0 Å². The molecule has 0 unspecified atom stereocenters. The van der Waals surface area contributed by atoms with Gasteiger partial charge in [-0.1, -0.05) is 103 Å². The Hall–Kier alpha value is -3.40. The summed E-state index contributed by atoms with van der Waals surface area (Å²) < 4.78 is 17.9. The second-order valence-corrected chi connectivity index (χ2v) is 8.59. The van der Waals surface area contributed by atoms with Gasteiger partial charge in [0.1, 0.15) is 11.4 Å². The summed E-state index contributed by atoms with van der Waals surface area (Å²) in [5.41, 5.74) is 3.93. The van der Waals surface area contributed by atoms with Gasteiger partial charge in [-0.2, -0.15) is 0 Å². The van der Waals surface area contributed by atoms with Gasteiger partial charge in [-0.15, -0.1) is 0 Å². The third-order valence-electron chi connectivity index (χ3n) is 6.22. The van der Waals surface area contributed by atoms with Gasteiger partial charge < -0.3 is 14.2 Å². The Labute approximate surface area is 209 Å². The summed E-state index contributed by atoms with van der Waals surface area (Å²) in [5, 5.41) is 0. The van der Waals surface area contributed by atoms with Crippen LogP contribution in [0.25, 0.3) is 0 Å². The topological polar surface area (TPSA) is 27.7 Å². The van der Waals surface area contributed by atoms with Crippen LogP contribution in [0.1, 0.15) is 41.5 Å². The lowest BCUT2D eigenvalue weighted by molar-refractivity contribution is 0.00967. The summed E-state index contributed by atoms with van der Waals surface area (Å²) in [4.78, 5) is 0. The molecule has 3 heteroatoms.